The summed E-state index contributed by atoms with van der Waals surface area (Å²) in [6, 6.07) is 13.0. The van der Waals surface area contributed by atoms with Crippen LogP contribution in [0.3, 0.4) is 0 Å². The molecular formula is C19H20ClNO4. The van der Waals surface area contributed by atoms with Gasteiger partial charge >= 0.3 is 5.97 Å². The molecule has 0 fully saturated rings. The third kappa shape index (κ3) is 5.50. The van der Waals surface area contributed by atoms with E-state index in [2.05, 4.69) is 5.32 Å². The van der Waals surface area contributed by atoms with Crippen LogP contribution in [-0.2, 0) is 4.79 Å². The van der Waals surface area contributed by atoms with E-state index in [1.165, 1.54) is 0 Å². The molecule has 2 N–H and O–H groups in total. The molecule has 2 aromatic rings. The Kier molecular flexibility index (Phi) is 6.42. The molecule has 5 nitrogen and oxygen atoms in total. The molecule has 25 heavy (non-hydrogen) atoms. The summed E-state index contributed by atoms with van der Waals surface area (Å²) in [5, 5.41) is 12.2. The van der Waals surface area contributed by atoms with Gasteiger partial charge in [-0.3, -0.25) is 9.59 Å². The minimum atomic E-state index is -1.01. The van der Waals surface area contributed by atoms with Crippen molar-refractivity contribution < 1.29 is 19.4 Å². The minimum absolute atomic E-state index is 0.0422. The van der Waals surface area contributed by atoms with Gasteiger partial charge in [0.05, 0.1) is 29.2 Å². The minimum Gasteiger partial charge on any atom is -0.491 e. The number of ether oxygens (including phenoxy) is 1. The second-order valence-electron chi connectivity index (χ2n) is 5.84. The van der Waals surface area contributed by atoms with Gasteiger partial charge in [0.2, 0.25) is 0 Å². The van der Waals surface area contributed by atoms with Crippen molar-refractivity contribution >= 4 is 23.5 Å². The molecule has 0 bridgehead atoms. The highest BCUT2D eigenvalue weighted by atomic mass is 35.5. The fourth-order valence-corrected chi connectivity index (χ4v) is 2.58. The number of carboxylic acid groups (broad SMARTS) is 1. The van der Waals surface area contributed by atoms with Crippen LogP contribution in [0.25, 0.3) is 0 Å². The Morgan fingerprint density at radius 3 is 2.32 bits per heavy atom. The molecule has 1 atom stereocenters. The van der Waals surface area contributed by atoms with E-state index in [9.17, 15) is 9.59 Å². The second-order valence-corrected chi connectivity index (χ2v) is 6.25. The summed E-state index contributed by atoms with van der Waals surface area (Å²) in [5.41, 5.74) is 0.984. The summed E-state index contributed by atoms with van der Waals surface area (Å²) in [6.07, 6.45) is -0.193. The fraction of sp³-hybridized carbons (Fsp3) is 0.263. The monoisotopic (exact) mass is 361 g/mol. The molecule has 2 aromatic carbocycles. The van der Waals surface area contributed by atoms with Crippen molar-refractivity contribution in [2.24, 2.45) is 0 Å². The molecule has 1 unspecified atom stereocenters. The Labute approximate surface area is 151 Å². The molecule has 0 saturated heterocycles. The van der Waals surface area contributed by atoms with Crippen molar-refractivity contribution in [1.82, 2.24) is 5.32 Å². The van der Waals surface area contributed by atoms with Crippen LogP contribution in [0.2, 0.25) is 5.02 Å². The van der Waals surface area contributed by atoms with Crippen LogP contribution in [0.15, 0.2) is 48.5 Å². The molecule has 132 valence electrons. The predicted molar refractivity (Wildman–Crippen MR) is 96.1 cm³/mol. The number of carbonyl (C=O) groups excluding carboxylic acids is 1. The van der Waals surface area contributed by atoms with Gasteiger partial charge in [0.25, 0.3) is 5.91 Å². The van der Waals surface area contributed by atoms with Crippen molar-refractivity contribution in [2.45, 2.75) is 32.4 Å². The van der Waals surface area contributed by atoms with Crippen molar-refractivity contribution in [3.8, 4) is 5.75 Å². The van der Waals surface area contributed by atoms with Crippen LogP contribution in [0.5, 0.6) is 5.75 Å². The molecule has 0 aliphatic carbocycles. The van der Waals surface area contributed by atoms with E-state index in [0.29, 0.717) is 21.9 Å². The van der Waals surface area contributed by atoms with Crippen LogP contribution >= 0.6 is 11.6 Å². The third-order valence-electron chi connectivity index (χ3n) is 3.46. The van der Waals surface area contributed by atoms with Crippen molar-refractivity contribution in [2.75, 3.05) is 0 Å². The Morgan fingerprint density at radius 2 is 1.76 bits per heavy atom. The number of benzene rings is 2. The quantitative estimate of drug-likeness (QED) is 0.779. The highest BCUT2D eigenvalue weighted by molar-refractivity contribution is 6.33. The molecule has 0 aromatic heterocycles. The highest BCUT2D eigenvalue weighted by Crippen LogP contribution is 2.23. The molecule has 6 heteroatoms. The smallest absolute Gasteiger partial charge is 0.305 e. The van der Waals surface area contributed by atoms with Crippen LogP contribution in [0.1, 0.15) is 42.2 Å². The van der Waals surface area contributed by atoms with E-state index in [0.717, 1.165) is 0 Å². The first-order valence-electron chi connectivity index (χ1n) is 7.90. The average molecular weight is 362 g/mol. The SMILES string of the molecule is CC(C)Oc1ccc(C(CC(=O)O)NC(=O)c2ccccc2Cl)cc1. The number of nitrogens with one attached hydrogen (secondary N) is 1. The van der Waals surface area contributed by atoms with Gasteiger partial charge in [-0.1, -0.05) is 35.9 Å². The molecule has 0 heterocycles. The molecule has 2 rings (SSSR count). The van der Waals surface area contributed by atoms with Crippen molar-refractivity contribution in [3.05, 3.63) is 64.7 Å². The number of carboxylic acids is 1. The van der Waals surface area contributed by atoms with Crippen LogP contribution in [0.4, 0.5) is 0 Å². The maximum absolute atomic E-state index is 12.4. The van der Waals surface area contributed by atoms with Gasteiger partial charge in [-0.05, 0) is 43.7 Å². The molecule has 0 spiro atoms. The topological polar surface area (TPSA) is 75.6 Å². The van der Waals surface area contributed by atoms with Gasteiger partial charge in [-0.15, -0.1) is 0 Å². The van der Waals surface area contributed by atoms with Crippen LogP contribution in [0, 0.1) is 0 Å². The van der Waals surface area contributed by atoms with E-state index in [1.807, 2.05) is 13.8 Å². The average Bonchev–Trinajstić information content (AvgIpc) is 2.54. The molecule has 0 radical (unpaired) electrons. The Hall–Kier alpha value is -2.53. The van der Waals surface area contributed by atoms with E-state index in [1.54, 1.807) is 48.5 Å². The highest BCUT2D eigenvalue weighted by Gasteiger charge is 2.20. The molecule has 0 aliphatic rings. The lowest BCUT2D eigenvalue weighted by molar-refractivity contribution is -0.137. The first kappa shape index (κ1) is 18.8. The maximum atomic E-state index is 12.4. The van der Waals surface area contributed by atoms with Gasteiger partial charge in [0.15, 0.2) is 0 Å². The summed E-state index contributed by atoms with van der Waals surface area (Å²) >= 11 is 6.03. The number of aliphatic carboxylic acids is 1. The lowest BCUT2D eigenvalue weighted by Gasteiger charge is -2.19. The largest absolute Gasteiger partial charge is 0.491 e. The number of rotatable bonds is 7. The van der Waals surface area contributed by atoms with E-state index in [4.69, 9.17) is 21.4 Å². The standard InChI is InChI=1S/C19H20ClNO4/c1-12(2)25-14-9-7-13(8-10-14)17(11-18(22)23)21-19(24)15-5-3-4-6-16(15)20/h3-10,12,17H,11H2,1-2H3,(H,21,24)(H,22,23). The van der Waals surface area contributed by atoms with E-state index in [-0.39, 0.29) is 12.5 Å². The molecule has 0 saturated carbocycles. The Balaban J connectivity index is 2.20. The predicted octanol–water partition coefficient (Wildman–Crippen LogP) is 4.07. The summed E-state index contributed by atoms with van der Waals surface area (Å²) in [5.74, 6) is -0.739. The van der Waals surface area contributed by atoms with Gasteiger partial charge in [0.1, 0.15) is 5.75 Å². The Morgan fingerprint density at radius 1 is 1.12 bits per heavy atom. The lowest BCUT2D eigenvalue weighted by atomic mass is 10.0. The van der Waals surface area contributed by atoms with Gasteiger partial charge in [0, 0.05) is 0 Å². The molecular weight excluding hydrogens is 342 g/mol. The van der Waals surface area contributed by atoms with Crippen molar-refractivity contribution in [1.29, 1.82) is 0 Å². The first-order chi connectivity index (χ1) is 11.9. The normalized spacial score (nSPS) is 11.8. The summed E-state index contributed by atoms with van der Waals surface area (Å²) in [6.45, 7) is 3.84. The van der Waals surface area contributed by atoms with E-state index >= 15 is 0 Å². The maximum Gasteiger partial charge on any atom is 0.305 e. The second kappa shape index (κ2) is 8.53. The first-order valence-corrected chi connectivity index (χ1v) is 8.28. The van der Waals surface area contributed by atoms with Gasteiger partial charge in [-0.25, -0.2) is 0 Å². The zero-order valence-corrected chi connectivity index (χ0v) is 14.8. The number of halogens is 1. The van der Waals surface area contributed by atoms with Gasteiger partial charge < -0.3 is 15.2 Å². The fourth-order valence-electron chi connectivity index (χ4n) is 2.36. The number of amides is 1. The zero-order valence-electron chi connectivity index (χ0n) is 14.0. The third-order valence-corrected chi connectivity index (χ3v) is 3.79. The van der Waals surface area contributed by atoms with Gasteiger partial charge in [-0.2, -0.15) is 0 Å². The molecule has 1 amide bonds. The summed E-state index contributed by atoms with van der Waals surface area (Å²) in [4.78, 5) is 23.6. The summed E-state index contributed by atoms with van der Waals surface area (Å²) < 4.78 is 5.58. The number of hydrogen-bond acceptors (Lipinski definition) is 3. The Bertz CT molecular complexity index is 743. The van der Waals surface area contributed by atoms with Crippen LogP contribution < -0.4 is 10.1 Å². The van der Waals surface area contributed by atoms with E-state index < -0.39 is 17.9 Å². The van der Waals surface area contributed by atoms with Crippen molar-refractivity contribution in [3.63, 3.8) is 0 Å². The lowest BCUT2D eigenvalue weighted by Crippen LogP contribution is -2.30. The number of hydrogen-bond donors (Lipinski definition) is 2. The summed E-state index contributed by atoms with van der Waals surface area (Å²) in [7, 11) is 0. The number of carbonyl (C=O) groups is 2. The van der Waals surface area contributed by atoms with Crippen LogP contribution in [-0.4, -0.2) is 23.1 Å². The molecule has 0 aliphatic heterocycles. The zero-order chi connectivity index (χ0) is 18.4.